The highest BCUT2D eigenvalue weighted by atomic mass is 32.2. The number of hydrogen-bond donors (Lipinski definition) is 1. The molecule has 2 saturated heterocycles. The lowest BCUT2D eigenvalue weighted by Gasteiger charge is -2.34. The molecule has 0 unspecified atom stereocenters. The Morgan fingerprint density at radius 3 is 2.25 bits per heavy atom. The van der Waals surface area contributed by atoms with E-state index in [1.807, 2.05) is 24.3 Å². The highest BCUT2D eigenvalue weighted by molar-refractivity contribution is 7.89. The van der Waals surface area contributed by atoms with Crippen LogP contribution in [0.3, 0.4) is 0 Å². The van der Waals surface area contributed by atoms with E-state index in [1.165, 1.54) is 10.4 Å². The van der Waals surface area contributed by atoms with Crippen LogP contribution in [0.2, 0.25) is 0 Å². The number of amides is 1. The first-order valence-corrected chi connectivity index (χ1v) is 12.7. The molecule has 2 fully saturated rings. The number of likely N-dealkylation sites (N-methyl/N-ethyl adjacent to an activating group) is 1. The van der Waals surface area contributed by atoms with Crippen LogP contribution in [0.4, 0.5) is 11.4 Å². The van der Waals surface area contributed by atoms with E-state index in [1.54, 1.807) is 18.2 Å². The fourth-order valence-electron chi connectivity index (χ4n) is 4.20. The third-order valence-electron chi connectivity index (χ3n) is 6.47. The third kappa shape index (κ3) is 5.14. The van der Waals surface area contributed by atoms with Gasteiger partial charge in [0.2, 0.25) is 10.0 Å². The van der Waals surface area contributed by atoms with Crippen molar-refractivity contribution >= 4 is 27.3 Å². The van der Waals surface area contributed by atoms with Gasteiger partial charge >= 0.3 is 0 Å². The maximum Gasteiger partial charge on any atom is 0.255 e. The molecule has 0 atom stereocenters. The van der Waals surface area contributed by atoms with Crippen molar-refractivity contribution in [2.45, 2.75) is 24.7 Å². The molecule has 32 heavy (non-hydrogen) atoms. The molecule has 0 bridgehead atoms. The normalized spacial score (nSPS) is 19.1. The van der Waals surface area contributed by atoms with Crippen LogP contribution in [0.15, 0.2) is 53.4 Å². The summed E-state index contributed by atoms with van der Waals surface area (Å²) in [6.07, 6.45) is 1.73. The molecule has 0 spiro atoms. The molecule has 0 radical (unpaired) electrons. The Hall–Kier alpha value is -2.42. The molecule has 2 aliphatic rings. The molecule has 172 valence electrons. The van der Waals surface area contributed by atoms with Gasteiger partial charge in [-0.3, -0.25) is 4.79 Å². The SMILES string of the molecule is CC1CCN(S(=O)(=O)c2cccc(C(=O)Nc3ccc(N4CCN(C)CC4)cc3)c2)CC1. The molecule has 0 saturated carbocycles. The number of nitrogens with one attached hydrogen (secondary N) is 1. The number of piperidine rings is 1. The standard InChI is InChI=1S/C24H32N4O3S/c1-19-10-12-28(13-11-19)32(30,31)23-5-3-4-20(18-23)24(29)25-21-6-8-22(9-7-21)27-16-14-26(2)15-17-27/h3-9,18-19H,10-17H2,1-2H3,(H,25,29). The van der Waals surface area contributed by atoms with Gasteiger partial charge in [-0.1, -0.05) is 13.0 Å². The lowest BCUT2D eigenvalue weighted by Crippen LogP contribution is -2.44. The molecule has 8 heteroatoms. The van der Waals surface area contributed by atoms with Gasteiger partial charge in [-0.2, -0.15) is 4.31 Å². The van der Waals surface area contributed by atoms with Gasteiger partial charge in [0, 0.05) is 56.2 Å². The Labute approximate surface area is 191 Å². The van der Waals surface area contributed by atoms with Crippen LogP contribution in [0.1, 0.15) is 30.1 Å². The summed E-state index contributed by atoms with van der Waals surface area (Å²) in [6.45, 7) is 7.24. The number of carbonyl (C=O) groups is 1. The summed E-state index contributed by atoms with van der Waals surface area (Å²) in [6, 6.07) is 14.1. The highest BCUT2D eigenvalue weighted by Gasteiger charge is 2.28. The van der Waals surface area contributed by atoms with E-state index in [2.05, 4.69) is 29.1 Å². The first-order chi connectivity index (χ1) is 15.3. The molecule has 2 aromatic rings. The third-order valence-corrected chi connectivity index (χ3v) is 8.36. The predicted molar refractivity (Wildman–Crippen MR) is 128 cm³/mol. The second-order valence-corrected chi connectivity index (χ2v) is 10.8. The lowest BCUT2D eigenvalue weighted by molar-refractivity contribution is 0.102. The predicted octanol–water partition coefficient (Wildman–Crippen LogP) is 3.11. The lowest BCUT2D eigenvalue weighted by atomic mass is 10.0. The van der Waals surface area contributed by atoms with Gasteiger partial charge in [-0.05, 0) is 68.3 Å². The van der Waals surface area contributed by atoms with Gasteiger partial charge < -0.3 is 15.1 Å². The summed E-state index contributed by atoms with van der Waals surface area (Å²) in [5.41, 5.74) is 2.16. The Kier molecular flexibility index (Phi) is 6.83. The van der Waals surface area contributed by atoms with Crippen LogP contribution < -0.4 is 10.2 Å². The van der Waals surface area contributed by atoms with Gasteiger partial charge in [0.05, 0.1) is 4.90 Å². The monoisotopic (exact) mass is 456 g/mol. The first kappa shape index (κ1) is 22.8. The summed E-state index contributed by atoms with van der Waals surface area (Å²) in [4.78, 5) is 17.6. The summed E-state index contributed by atoms with van der Waals surface area (Å²) in [7, 11) is -1.46. The molecule has 1 N–H and O–H groups in total. The highest BCUT2D eigenvalue weighted by Crippen LogP contribution is 2.25. The van der Waals surface area contributed by atoms with E-state index in [0.29, 0.717) is 30.3 Å². The average molecular weight is 457 g/mol. The zero-order chi connectivity index (χ0) is 22.7. The van der Waals surface area contributed by atoms with Gasteiger partial charge in [0.1, 0.15) is 0 Å². The number of sulfonamides is 1. The number of hydrogen-bond acceptors (Lipinski definition) is 5. The zero-order valence-corrected chi connectivity index (χ0v) is 19.6. The average Bonchev–Trinajstić information content (AvgIpc) is 2.80. The fourth-order valence-corrected chi connectivity index (χ4v) is 5.71. The first-order valence-electron chi connectivity index (χ1n) is 11.3. The van der Waals surface area contributed by atoms with Crippen molar-refractivity contribution in [3.8, 4) is 0 Å². The fraction of sp³-hybridized carbons (Fsp3) is 0.458. The molecule has 2 aromatic carbocycles. The van der Waals surface area contributed by atoms with Crippen molar-refractivity contribution in [2.75, 3.05) is 56.5 Å². The molecule has 0 aliphatic carbocycles. The zero-order valence-electron chi connectivity index (χ0n) is 18.8. The number of anilines is 2. The maximum atomic E-state index is 13.0. The second kappa shape index (κ2) is 9.60. The number of piperazine rings is 1. The Balaban J connectivity index is 1.43. The summed E-state index contributed by atoms with van der Waals surface area (Å²) < 4.78 is 27.6. The number of carbonyl (C=O) groups excluding carboxylic acids is 1. The minimum atomic E-state index is -3.59. The maximum absolute atomic E-state index is 13.0. The molecule has 7 nitrogen and oxygen atoms in total. The Bertz CT molecular complexity index is 1040. The van der Waals surface area contributed by atoms with Gasteiger partial charge in [-0.15, -0.1) is 0 Å². The summed E-state index contributed by atoms with van der Waals surface area (Å²) >= 11 is 0. The minimum absolute atomic E-state index is 0.171. The van der Waals surface area contributed by atoms with Crippen molar-refractivity contribution in [1.82, 2.24) is 9.21 Å². The molecule has 2 aliphatic heterocycles. The van der Waals surface area contributed by atoms with Gasteiger partial charge in [0.15, 0.2) is 0 Å². The van der Waals surface area contributed by atoms with Crippen molar-refractivity contribution < 1.29 is 13.2 Å². The topological polar surface area (TPSA) is 73.0 Å². The van der Waals surface area contributed by atoms with E-state index in [0.717, 1.165) is 44.7 Å². The number of benzene rings is 2. The van der Waals surface area contributed by atoms with E-state index in [4.69, 9.17) is 0 Å². The van der Waals surface area contributed by atoms with Crippen molar-refractivity contribution in [3.63, 3.8) is 0 Å². The minimum Gasteiger partial charge on any atom is -0.369 e. The Morgan fingerprint density at radius 1 is 0.938 bits per heavy atom. The van der Waals surface area contributed by atoms with E-state index >= 15 is 0 Å². The van der Waals surface area contributed by atoms with E-state index < -0.39 is 10.0 Å². The van der Waals surface area contributed by atoms with Gasteiger partial charge in [0.25, 0.3) is 5.91 Å². The van der Waals surface area contributed by atoms with Crippen LogP contribution >= 0.6 is 0 Å². The number of nitrogens with zero attached hydrogens (tertiary/aromatic N) is 3. The molecular formula is C24H32N4O3S. The molecule has 4 rings (SSSR count). The van der Waals surface area contributed by atoms with E-state index in [9.17, 15) is 13.2 Å². The smallest absolute Gasteiger partial charge is 0.255 e. The quantitative estimate of drug-likeness (QED) is 0.749. The Morgan fingerprint density at radius 2 is 1.59 bits per heavy atom. The summed E-state index contributed by atoms with van der Waals surface area (Å²) in [5, 5.41) is 2.89. The molecule has 0 aromatic heterocycles. The van der Waals surface area contributed by atoms with Crippen LogP contribution in [0, 0.1) is 5.92 Å². The number of rotatable bonds is 5. The van der Waals surface area contributed by atoms with Crippen molar-refractivity contribution in [1.29, 1.82) is 0 Å². The molecule has 1 amide bonds. The largest absolute Gasteiger partial charge is 0.369 e. The second-order valence-electron chi connectivity index (χ2n) is 8.91. The molecular weight excluding hydrogens is 424 g/mol. The van der Waals surface area contributed by atoms with E-state index in [-0.39, 0.29) is 10.8 Å². The van der Waals surface area contributed by atoms with Crippen LogP contribution in [0.5, 0.6) is 0 Å². The van der Waals surface area contributed by atoms with Crippen LogP contribution in [-0.2, 0) is 10.0 Å². The van der Waals surface area contributed by atoms with Crippen LogP contribution in [-0.4, -0.2) is 69.8 Å². The van der Waals surface area contributed by atoms with Crippen molar-refractivity contribution in [3.05, 3.63) is 54.1 Å². The van der Waals surface area contributed by atoms with Gasteiger partial charge in [-0.25, -0.2) is 8.42 Å². The molecule has 2 heterocycles. The van der Waals surface area contributed by atoms with Crippen LogP contribution in [0.25, 0.3) is 0 Å². The van der Waals surface area contributed by atoms with Crippen molar-refractivity contribution in [2.24, 2.45) is 5.92 Å². The summed E-state index contributed by atoms with van der Waals surface area (Å²) in [5.74, 6) is 0.225.